The largest absolute Gasteiger partial charge is 0.324 e. The molecule has 0 saturated carbocycles. The predicted molar refractivity (Wildman–Crippen MR) is 76.7 cm³/mol. The summed E-state index contributed by atoms with van der Waals surface area (Å²) >= 11 is 0. The molecule has 1 unspecified atom stereocenters. The van der Waals surface area contributed by atoms with Gasteiger partial charge >= 0.3 is 6.03 Å². The lowest BCUT2D eigenvalue weighted by Crippen LogP contribution is -2.49. The molecule has 0 aliphatic carbocycles. The molecule has 0 aromatic heterocycles. The molecule has 1 aromatic rings. The summed E-state index contributed by atoms with van der Waals surface area (Å²) in [7, 11) is 0. The zero-order valence-corrected chi connectivity index (χ0v) is 11.6. The maximum absolute atomic E-state index is 12.6. The molecular weight excluding hydrogens is 238 g/mol. The van der Waals surface area contributed by atoms with E-state index in [0.29, 0.717) is 6.04 Å². The Hall–Kier alpha value is -1.55. The predicted octanol–water partition coefficient (Wildman–Crippen LogP) is 1.77. The second-order valence-electron chi connectivity index (χ2n) is 5.38. The van der Waals surface area contributed by atoms with Crippen LogP contribution in [-0.4, -0.2) is 43.2 Å². The molecule has 2 aliphatic heterocycles. The summed E-state index contributed by atoms with van der Waals surface area (Å²) in [4.78, 5) is 16.6. The fourth-order valence-corrected chi connectivity index (χ4v) is 3.20. The zero-order valence-electron chi connectivity index (χ0n) is 11.6. The van der Waals surface area contributed by atoms with Crippen LogP contribution in [0.25, 0.3) is 0 Å². The lowest BCUT2D eigenvalue weighted by atomic mass is 10.0. The molecule has 102 valence electrons. The Balaban J connectivity index is 1.97. The summed E-state index contributed by atoms with van der Waals surface area (Å²) < 4.78 is 0. The van der Waals surface area contributed by atoms with Gasteiger partial charge in [0.05, 0.1) is 11.7 Å². The van der Waals surface area contributed by atoms with Gasteiger partial charge in [-0.05, 0) is 24.5 Å². The number of urea groups is 1. The van der Waals surface area contributed by atoms with E-state index < -0.39 is 0 Å². The average molecular weight is 259 g/mol. The average Bonchev–Trinajstić information content (AvgIpc) is 2.76. The van der Waals surface area contributed by atoms with E-state index in [2.05, 4.69) is 37.4 Å². The number of benzene rings is 1. The Morgan fingerprint density at radius 2 is 2.26 bits per heavy atom. The Morgan fingerprint density at radius 1 is 1.42 bits per heavy atom. The topological polar surface area (TPSA) is 35.6 Å². The molecule has 2 amide bonds. The lowest BCUT2D eigenvalue weighted by molar-refractivity contribution is 0.193. The summed E-state index contributed by atoms with van der Waals surface area (Å²) in [5, 5.41) is 3.37. The molecule has 2 saturated heterocycles. The number of carbonyl (C=O) groups is 1. The molecule has 4 heteroatoms. The lowest BCUT2D eigenvalue weighted by Gasteiger charge is -2.28. The minimum Gasteiger partial charge on any atom is -0.317 e. The molecule has 4 nitrogen and oxygen atoms in total. The van der Waals surface area contributed by atoms with E-state index in [1.165, 1.54) is 11.1 Å². The number of nitrogens with one attached hydrogen (secondary N) is 1. The molecule has 0 bridgehead atoms. The van der Waals surface area contributed by atoms with E-state index in [0.717, 1.165) is 38.3 Å². The smallest absolute Gasteiger partial charge is 0.317 e. The fraction of sp³-hybridized carbons (Fsp3) is 0.533. The number of aryl methyl sites for hydroxylation is 2. The van der Waals surface area contributed by atoms with Crippen LogP contribution < -0.4 is 10.2 Å². The first-order valence-electron chi connectivity index (χ1n) is 7.09. The van der Waals surface area contributed by atoms with Gasteiger partial charge < -0.3 is 10.2 Å². The molecule has 1 aromatic carbocycles. The van der Waals surface area contributed by atoms with Gasteiger partial charge in [0.2, 0.25) is 0 Å². The number of anilines is 1. The van der Waals surface area contributed by atoms with Crippen molar-refractivity contribution in [2.45, 2.75) is 26.3 Å². The van der Waals surface area contributed by atoms with Gasteiger partial charge in [-0.3, -0.25) is 4.90 Å². The maximum Gasteiger partial charge on any atom is 0.324 e. The van der Waals surface area contributed by atoms with E-state index in [9.17, 15) is 4.79 Å². The molecule has 1 atom stereocenters. The monoisotopic (exact) mass is 259 g/mol. The van der Waals surface area contributed by atoms with Crippen molar-refractivity contribution in [1.82, 2.24) is 10.2 Å². The molecular formula is C15H21N3O. The van der Waals surface area contributed by atoms with Gasteiger partial charge in [-0.2, -0.15) is 0 Å². The van der Waals surface area contributed by atoms with E-state index in [-0.39, 0.29) is 6.03 Å². The van der Waals surface area contributed by atoms with Crippen molar-refractivity contribution in [2.75, 3.05) is 31.1 Å². The van der Waals surface area contributed by atoms with Crippen molar-refractivity contribution < 1.29 is 4.79 Å². The first kappa shape index (κ1) is 12.5. The van der Waals surface area contributed by atoms with Crippen LogP contribution in [0.5, 0.6) is 0 Å². The van der Waals surface area contributed by atoms with E-state index in [4.69, 9.17) is 0 Å². The fourth-order valence-electron chi connectivity index (χ4n) is 3.20. The number of para-hydroxylation sites is 1. The number of amides is 2. The SMILES string of the molecule is CCc1cccc(C)c1N1CC2CNCCN2C1=O. The van der Waals surface area contributed by atoms with Crippen molar-refractivity contribution in [3.05, 3.63) is 29.3 Å². The van der Waals surface area contributed by atoms with Crippen LogP contribution in [0, 0.1) is 6.92 Å². The highest BCUT2D eigenvalue weighted by Gasteiger charge is 2.39. The molecule has 1 N–H and O–H groups in total. The number of nitrogens with zero attached hydrogens (tertiary/aromatic N) is 2. The second-order valence-corrected chi connectivity index (χ2v) is 5.38. The number of piperazine rings is 1. The van der Waals surface area contributed by atoms with E-state index in [1.807, 2.05) is 9.80 Å². The quantitative estimate of drug-likeness (QED) is 0.878. The van der Waals surface area contributed by atoms with Crippen molar-refractivity contribution >= 4 is 11.7 Å². The zero-order chi connectivity index (χ0) is 13.4. The molecule has 0 spiro atoms. The van der Waals surface area contributed by atoms with Gasteiger partial charge in [0, 0.05) is 26.2 Å². The van der Waals surface area contributed by atoms with Gasteiger partial charge in [0.15, 0.2) is 0 Å². The van der Waals surface area contributed by atoms with Crippen molar-refractivity contribution in [1.29, 1.82) is 0 Å². The summed E-state index contributed by atoms with van der Waals surface area (Å²) in [6.07, 6.45) is 0.962. The highest BCUT2D eigenvalue weighted by atomic mass is 16.2. The highest BCUT2D eigenvalue weighted by Crippen LogP contribution is 2.31. The summed E-state index contributed by atoms with van der Waals surface area (Å²) in [6.45, 7) is 7.70. The van der Waals surface area contributed by atoms with E-state index in [1.54, 1.807) is 0 Å². The Labute approximate surface area is 114 Å². The third-order valence-corrected chi connectivity index (χ3v) is 4.19. The van der Waals surface area contributed by atoms with E-state index >= 15 is 0 Å². The van der Waals surface area contributed by atoms with Gasteiger partial charge in [-0.15, -0.1) is 0 Å². The molecule has 0 radical (unpaired) electrons. The molecule has 2 fully saturated rings. The Kier molecular flexibility index (Phi) is 3.19. The van der Waals surface area contributed by atoms with Crippen LogP contribution in [0.15, 0.2) is 18.2 Å². The van der Waals surface area contributed by atoms with Crippen molar-refractivity contribution in [3.63, 3.8) is 0 Å². The summed E-state index contributed by atoms with van der Waals surface area (Å²) in [5.74, 6) is 0. The maximum atomic E-state index is 12.6. The van der Waals surface area contributed by atoms with Gasteiger partial charge in [0.25, 0.3) is 0 Å². The van der Waals surface area contributed by atoms with Crippen LogP contribution in [0.2, 0.25) is 0 Å². The van der Waals surface area contributed by atoms with Crippen LogP contribution in [-0.2, 0) is 6.42 Å². The molecule has 2 heterocycles. The summed E-state index contributed by atoms with van der Waals surface area (Å²) in [6, 6.07) is 6.80. The number of carbonyl (C=O) groups excluding carboxylic acids is 1. The highest BCUT2D eigenvalue weighted by molar-refractivity contribution is 5.96. The normalized spacial score (nSPS) is 22.8. The number of hydrogen-bond donors (Lipinski definition) is 1. The minimum atomic E-state index is 0.176. The first-order chi connectivity index (χ1) is 9.22. The first-order valence-corrected chi connectivity index (χ1v) is 7.09. The summed E-state index contributed by atoms with van der Waals surface area (Å²) in [5.41, 5.74) is 3.59. The standard InChI is InChI=1S/C15H21N3O/c1-3-12-6-4-5-11(2)14(12)18-10-13-9-16-7-8-17(13)15(18)19/h4-6,13,16H,3,7-10H2,1-2H3. The van der Waals surface area contributed by atoms with Crippen LogP contribution in [0.3, 0.4) is 0 Å². The van der Waals surface area contributed by atoms with Gasteiger partial charge in [-0.25, -0.2) is 4.79 Å². The van der Waals surface area contributed by atoms with Gasteiger partial charge in [-0.1, -0.05) is 25.1 Å². The minimum absolute atomic E-state index is 0.176. The van der Waals surface area contributed by atoms with Crippen molar-refractivity contribution in [3.8, 4) is 0 Å². The second kappa shape index (κ2) is 4.85. The van der Waals surface area contributed by atoms with Crippen LogP contribution in [0.4, 0.5) is 10.5 Å². The Morgan fingerprint density at radius 3 is 3.00 bits per heavy atom. The third-order valence-electron chi connectivity index (χ3n) is 4.19. The molecule has 2 aliphatic rings. The molecule has 19 heavy (non-hydrogen) atoms. The van der Waals surface area contributed by atoms with Gasteiger partial charge in [0.1, 0.15) is 0 Å². The van der Waals surface area contributed by atoms with Crippen LogP contribution in [0.1, 0.15) is 18.1 Å². The molecule has 3 rings (SSSR count). The Bertz CT molecular complexity index is 500. The third kappa shape index (κ3) is 2.00. The number of fused-ring (bicyclic) bond motifs is 1. The number of hydrogen-bond acceptors (Lipinski definition) is 2. The van der Waals surface area contributed by atoms with Crippen LogP contribution >= 0.6 is 0 Å². The number of rotatable bonds is 2. The van der Waals surface area contributed by atoms with Crippen molar-refractivity contribution in [2.24, 2.45) is 0 Å².